The monoisotopic (exact) mass is 413 g/mol. The van der Waals surface area contributed by atoms with Gasteiger partial charge in [0.2, 0.25) is 5.95 Å². The van der Waals surface area contributed by atoms with Gasteiger partial charge >= 0.3 is 0 Å². The second-order valence-electron chi connectivity index (χ2n) is 7.77. The van der Waals surface area contributed by atoms with Crippen molar-refractivity contribution in [3.05, 3.63) is 71.7 Å². The molecule has 2 aromatic heterocycles. The third kappa shape index (κ3) is 4.12. The maximum Gasteiger partial charge on any atom is 0.269 e. The number of rotatable bonds is 5. The van der Waals surface area contributed by atoms with E-state index >= 15 is 0 Å². The number of hydrogen-bond donors (Lipinski definition) is 2. The number of anilines is 1. The van der Waals surface area contributed by atoms with Gasteiger partial charge in [0.1, 0.15) is 17.2 Å². The molecule has 0 bridgehead atoms. The van der Waals surface area contributed by atoms with Gasteiger partial charge in [-0.1, -0.05) is 17.7 Å². The quantitative estimate of drug-likeness (QED) is 0.645. The fourth-order valence-corrected chi connectivity index (χ4v) is 4.10. The zero-order valence-electron chi connectivity index (χ0n) is 17.3. The number of ether oxygens (including phenoxy) is 1. The Morgan fingerprint density at radius 3 is 2.94 bits per heavy atom. The highest BCUT2D eigenvalue weighted by Gasteiger charge is 2.20. The summed E-state index contributed by atoms with van der Waals surface area (Å²) in [6.07, 6.45) is 12.5. The number of amides is 1. The van der Waals surface area contributed by atoms with E-state index in [1.165, 1.54) is 24.8 Å². The molecule has 7 heteroatoms. The summed E-state index contributed by atoms with van der Waals surface area (Å²) in [5.74, 6) is 1.55. The highest BCUT2D eigenvalue weighted by Crippen LogP contribution is 2.34. The molecular weight excluding hydrogens is 390 g/mol. The van der Waals surface area contributed by atoms with Gasteiger partial charge in [-0.3, -0.25) is 9.78 Å². The molecule has 2 heterocycles. The molecule has 0 aliphatic heterocycles. The third-order valence-electron chi connectivity index (χ3n) is 5.67. The van der Waals surface area contributed by atoms with Crippen molar-refractivity contribution in [3.8, 4) is 11.5 Å². The van der Waals surface area contributed by atoms with Crippen LogP contribution in [0.4, 0.5) is 5.95 Å². The Bertz CT molecular complexity index is 1220. The van der Waals surface area contributed by atoms with Crippen LogP contribution in [0.1, 0.15) is 36.2 Å². The maximum absolute atomic E-state index is 11.8. The number of allylic oxidation sites excluding steroid dienone is 2. The number of hydrogen-bond acceptors (Lipinski definition) is 6. The van der Waals surface area contributed by atoms with Crippen LogP contribution in [0.3, 0.4) is 0 Å². The number of nitrogens with one attached hydrogen (secondary N) is 2. The number of aromatic nitrogens is 3. The van der Waals surface area contributed by atoms with E-state index in [1.54, 1.807) is 37.1 Å². The van der Waals surface area contributed by atoms with Crippen LogP contribution in [0.2, 0.25) is 0 Å². The first-order valence-corrected chi connectivity index (χ1v) is 10.5. The van der Waals surface area contributed by atoms with E-state index < -0.39 is 0 Å². The van der Waals surface area contributed by atoms with E-state index in [0.717, 1.165) is 17.3 Å². The van der Waals surface area contributed by atoms with Gasteiger partial charge in [0.25, 0.3) is 5.91 Å². The molecule has 2 aliphatic rings. The zero-order chi connectivity index (χ0) is 21.2. The predicted octanol–water partition coefficient (Wildman–Crippen LogP) is 4.40. The average molecular weight is 413 g/mol. The van der Waals surface area contributed by atoms with Crippen molar-refractivity contribution in [1.82, 2.24) is 20.3 Å². The van der Waals surface area contributed by atoms with Crippen molar-refractivity contribution in [2.75, 3.05) is 12.4 Å². The van der Waals surface area contributed by atoms with Gasteiger partial charge in [0.05, 0.1) is 11.6 Å². The molecule has 0 spiro atoms. The molecule has 1 amide bonds. The number of pyridine rings is 1. The normalized spacial score (nSPS) is 17.5. The summed E-state index contributed by atoms with van der Waals surface area (Å²) >= 11 is 0. The standard InChI is InChI=1S/C24H23N5O2/c1-25-23(30)22-13-20(9-10-26-22)31-19-7-8-21-17(12-19)14-27-24(29-21)28-18-6-5-15-3-2-4-16(15)11-18/h5-10,12-14,18H,2-4,11H2,1H3,(H,25,30)(H,27,28,29). The molecule has 0 fully saturated rings. The summed E-state index contributed by atoms with van der Waals surface area (Å²) in [6, 6.07) is 9.20. The van der Waals surface area contributed by atoms with E-state index in [1.807, 2.05) is 18.2 Å². The first-order valence-electron chi connectivity index (χ1n) is 10.5. The number of carbonyl (C=O) groups excluding carboxylic acids is 1. The van der Waals surface area contributed by atoms with Gasteiger partial charge in [0.15, 0.2) is 0 Å². The Hall–Kier alpha value is -3.74. The summed E-state index contributed by atoms with van der Waals surface area (Å²) < 4.78 is 5.91. The fourth-order valence-electron chi connectivity index (χ4n) is 4.10. The van der Waals surface area contributed by atoms with Crippen LogP contribution in [0.25, 0.3) is 10.9 Å². The number of nitrogens with zero attached hydrogens (tertiary/aromatic N) is 3. The lowest BCUT2D eigenvalue weighted by Crippen LogP contribution is -2.21. The van der Waals surface area contributed by atoms with Crippen molar-refractivity contribution < 1.29 is 9.53 Å². The molecular formula is C24H23N5O2. The largest absolute Gasteiger partial charge is 0.457 e. The molecule has 0 saturated heterocycles. The van der Waals surface area contributed by atoms with E-state index in [2.05, 4.69) is 37.7 Å². The van der Waals surface area contributed by atoms with Crippen molar-refractivity contribution in [2.24, 2.45) is 0 Å². The number of fused-ring (bicyclic) bond motifs is 1. The average Bonchev–Trinajstić information content (AvgIpc) is 3.27. The van der Waals surface area contributed by atoms with Gasteiger partial charge in [-0.25, -0.2) is 9.97 Å². The van der Waals surface area contributed by atoms with Crippen molar-refractivity contribution in [1.29, 1.82) is 0 Å². The van der Waals surface area contributed by atoms with Crippen LogP contribution < -0.4 is 15.4 Å². The molecule has 2 N–H and O–H groups in total. The van der Waals surface area contributed by atoms with Crippen LogP contribution in [-0.2, 0) is 0 Å². The topological polar surface area (TPSA) is 89.0 Å². The Labute approximate surface area is 180 Å². The lowest BCUT2D eigenvalue weighted by atomic mass is 9.96. The summed E-state index contributed by atoms with van der Waals surface area (Å²) in [5.41, 5.74) is 4.23. The zero-order valence-corrected chi connectivity index (χ0v) is 17.3. The molecule has 156 valence electrons. The molecule has 3 aromatic rings. The van der Waals surface area contributed by atoms with E-state index in [-0.39, 0.29) is 11.9 Å². The van der Waals surface area contributed by atoms with Crippen LogP contribution in [0, 0.1) is 0 Å². The lowest BCUT2D eigenvalue weighted by molar-refractivity contribution is 0.0958. The highest BCUT2D eigenvalue weighted by molar-refractivity contribution is 5.92. The molecule has 1 unspecified atom stereocenters. The molecule has 1 atom stereocenters. The van der Waals surface area contributed by atoms with Gasteiger partial charge in [0, 0.05) is 30.9 Å². The Balaban J connectivity index is 1.30. The fraction of sp³-hybridized carbons (Fsp3) is 0.250. The molecule has 0 saturated carbocycles. The summed E-state index contributed by atoms with van der Waals surface area (Å²) in [7, 11) is 1.57. The minimum Gasteiger partial charge on any atom is -0.457 e. The number of benzene rings is 1. The van der Waals surface area contributed by atoms with Gasteiger partial charge in [-0.15, -0.1) is 0 Å². The van der Waals surface area contributed by atoms with Crippen molar-refractivity contribution in [2.45, 2.75) is 31.7 Å². The molecule has 31 heavy (non-hydrogen) atoms. The van der Waals surface area contributed by atoms with Crippen molar-refractivity contribution in [3.63, 3.8) is 0 Å². The second kappa shape index (κ2) is 8.18. The van der Waals surface area contributed by atoms with Gasteiger partial charge in [-0.05, 0) is 55.5 Å². The predicted molar refractivity (Wildman–Crippen MR) is 119 cm³/mol. The van der Waals surface area contributed by atoms with Crippen LogP contribution >= 0.6 is 0 Å². The van der Waals surface area contributed by atoms with Crippen LogP contribution in [0.15, 0.2) is 66.0 Å². The maximum atomic E-state index is 11.8. The third-order valence-corrected chi connectivity index (χ3v) is 5.67. The van der Waals surface area contributed by atoms with E-state index in [9.17, 15) is 4.79 Å². The first-order chi connectivity index (χ1) is 15.2. The molecule has 7 nitrogen and oxygen atoms in total. The smallest absolute Gasteiger partial charge is 0.269 e. The summed E-state index contributed by atoms with van der Waals surface area (Å²) in [4.78, 5) is 25.0. The molecule has 5 rings (SSSR count). The highest BCUT2D eigenvalue weighted by atomic mass is 16.5. The first kappa shape index (κ1) is 19.2. The summed E-state index contributed by atoms with van der Waals surface area (Å²) in [5, 5.41) is 6.88. The Morgan fingerprint density at radius 1 is 1.13 bits per heavy atom. The molecule has 2 aliphatic carbocycles. The minimum atomic E-state index is -0.259. The van der Waals surface area contributed by atoms with Gasteiger partial charge < -0.3 is 15.4 Å². The van der Waals surface area contributed by atoms with Gasteiger partial charge in [-0.2, -0.15) is 0 Å². The molecule has 0 radical (unpaired) electrons. The summed E-state index contributed by atoms with van der Waals surface area (Å²) in [6.45, 7) is 0. The Kier molecular flexibility index (Phi) is 5.08. The SMILES string of the molecule is CNC(=O)c1cc(Oc2ccc3nc(NC4C=CC5=C(CCC5)C4)ncc3c2)ccn1. The van der Waals surface area contributed by atoms with E-state index in [4.69, 9.17) is 4.74 Å². The lowest BCUT2D eigenvalue weighted by Gasteiger charge is -2.20. The minimum absolute atomic E-state index is 0.234. The van der Waals surface area contributed by atoms with E-state index in [0.29, 0.717) is 23.1 Å². The molecule has 1 aromatic carbocycles. The van der Waals surface area contributed by atoms with Crippen LogP contribution in [-0.4, -0.2) is 33.9 Å². The van der Waals surface area contributed by atoms with Crippen LogP contribution in [0.5, 0.6) is 11.5 Å². The second-order valence-corrected chi connectivity index (χ2v) is 7.77. The van der Waals surface area contributed by atoms with Crippen molar-refractivity contribution >= 4 is 22.8 Å². The number of carbonyl (C=O) groups is 1. The Morgan fingerprint density at radius 2 is 2.03 bits per heavy atom.